The zero-order chi connectivity index (χ0) is 48.8. The number of benzene rings is 1. The number of aromatic nitrogens is 7. The molecule has 1 saturated carbocycles. The number of imide groups is 1. The quantitative estimate of drug-likeness (QED) is 0.136. The fourth-order valence-electron chi connectivity index (χ4n) is 11.0. The van der Waals surface area contributed by atoms with Gasteiger partial charge in [0.15, 0.2) is 28.9 Å². The number of amides is 5. The molecular formula is C48H57F2N15O5. The number of nitrogen functional groups attached to an aromatic ring is 1. The Bertz CT molecular complexity index is 2900. The van der Waals surface area contributed by atoms with Crippen LogP contribution in [0.15, 0.2) is 29.2 Å². The number of piperidine rings is 2. The number of rotatable bonds is 11. The van der Waals surface area contributed by atoms with Crippen molar-refractivity contribution in [2.45, 2.75) is 89.6 Å². The van der Waals surface area contributed by atoms with Crippen molar-refractivity contribution in [3.8, 4) is 22.8 Å². The van der Waals surface area contributed by atoms with Gasteiger partial charge in [-0.2, -0.15) is 5.10 Å². The van der Waals surface area contributed by atoms with E-state index in [0.29, 0.717) is 84.8 Å². The smallest absolute Gasteiger partial charge is 0.317 e. The van der Waals surface area contributed by atoms with Gasteiger partial charge in [0.25, 0.3) is 0 Å². The summed E-state index contributed by atoms with van der Waals surface area (Å²) >= 11 is 0. The number of likely N-dealkylation sites (tertiary alicyclic amines) is 3. The van der Waals surface area contributed by atoms with Gasteiger partial charge in [-0.05, 0) is 83.4 Å². The third kappa shape index (κ3) is 8.42. The van der Waals surface area contributed by atoms with Crippen molar-refractivity contribution >= 4 is 52.0 Å². The monoisotopic (exact) mass is 961 g/mol. The molecule has 4 aromatic heterocycles. The second kappa shape index (κ2) is 17.2. The van der Waals surface area contributed by atoms with Gasteiger partial charge in [-0.15, -0.1) is 0 Å². The molecule has 70 heavy (non-hydrogen) atoms. The second-order valence-electron chi connectivity index (χ2n) is 21.2. The summed E-state index contributed by atoms with van der Waals surface area (Å²) in [6, 6.07) is 1.39. The summed E-state index contributed by atoms with van der Waals surface area (Å²) in [5, 5.41) is 18.0. The number of fused-ring (bicyclic) bond motifs is 1. The standard InChI is InChI=1S/C48H57F2N15O5/c1-25-30(15-52-43(56-25)36-39(60-70-41(36)27-5-6-27)38-37-42(51)54-24-55-44(37)65(59-38)47(2,3)4)28-18-63(19-28)46(69)53-16-35(67)62-11-9-26(10-12-62)17-61-20-48(21-61)22-64(23-48)40-31(49)13-29(14-32(40)50)57-33-7-8-34(66)58-45(33)68/h13-15,24,26-28,33,57H,5-12,16-23H2,1-4H3,(H,53,69)(H2,51,54,55)(H,58,66,68). The van der Waals surface area contributed by atoms with Crippen molar-refractivity contribution in [2.24, 2.45) is 11.3 Å². The Morgan fingerprint density at radius 3 is 2.34 bits per heavy atom. The molecule has 11 rings (SSSR count). The van der Waals surface area contributed by atoms with Gasteiger partial charge in [0.1, 0.15) is 35.3 Å². The van der Waals surface area contributed by atoms with E-state index in [-0.39, 0.29) is 65.9 Å². The van der Waals surface area contributed by atoms with Crippen LogP contribution >= 0.6 is 0 Å². The molecule has 5 saturated heterocycles. The number of anilines is 3. The van der Waals surface area contributed by atoms with Crippen LogP contribution in [0.5, 0.6) is 0 Å². The van der Waals surface area contributed by atoms with Gasteiger partial charge in [0.2, 0.25) is 17.7 Å². The molecular weight excluding hydrogens is 905 g/mol. The fraction of sp³-hybridized carbons (Fsp3) is 0.542. The van der Waals surface area contributed by atoms with Crippen LogP contribution in [0.1, 0.15) is 88.1 Å². The predicted octanol–water partition coefficient (Wildman–Crippen LogP) is 4.13. The molecule has 5 aromatic rings. The zero-order valence-electron chi connectivity index (χ0n) is 39.7. The van der Waals surface area contributed by atoms with E-state index in [0.717, 1.165) is 62.3 Å². The Balaban J connectivity index is 0.627. The minimum Gasteiger partial charge on any atom is -0.383 e. The number of aryl methyl sites for hydroxylation is 1. The van der Waals surface area contributed by atoms with Crippen molar-refractivity contribution in [3.63, 3.8) is 0 Å². The molecule has 6 fully saturated rings. The van der Waals surface area contributed by atoms with Crippen molar-refractivity contribution < 1.29 is 32.5 Å². The summed E-state index contributed by atoms with van der Waals surface area (Å²) in [6.45, 7) is 13.9. The van der Waals surface area contributed by atoms with E-state index in [2.05, 4.69) is 36.0 Å². The van der Waals surface area contributed by atoms with Gasteiger partial charge in [0, 0.05) is 100 Å². The Kier molecular flexibility index (Phi) is 11.2. The molecule has 22 heteroatoms. The van der Waals surface area contributed by atoms with Gasteiger partial charge in [-0.25, -0.2) is 38.2 Å². The van der Waals surface area contributed by atoms with Crippen LogP contribution in [0.4, 0.5) is 30.8 Å². The van der Waals surface area contributed by atoms with Gasteiger partial charge in [-0.1, -0.05) is 5.16 Å². The summed E-state index contributed by atoms with van der Waals surface area (Å²) in [7, 11) is 0. The molecule has 1 spiro atoms. The maximum absolute atomic E-state index is 15.2. The number of urea groups is 1. The SMILES string of the molecule is Cc1nc(-c2c(-c3nn(C(C)(C)C)c4ncnc(N)c34)noc2C2CC2)ncc1C1CN(C(=O)NCC(=O)N2CCC(CN3CC4(C3)CN(c3c(F)cc(NC5CCC(=O)NC5=O)cc3F)C4)CC2)C1. The lowest BCUT2D eigenvalue weighted by Gasteiger charge is -2.61. The topological polar surface area (TPSA) is 239 Å². The molecule has 1 aliphatic carbocycles. The molecule has 5 aliphatic heterocycles. The van der Waals surface area contributed by atoms with Crippen molar-refractivity contribution in [1.29, 1.82) is 0 Å². The number of carbonyl (C=O) groups is 4. The van der Waals surface area contributed by atoms with E-state index in [1.54, 1.807) is 9.80 Å². The average Bonchev–Trinajstić information content (AvgIpc) is 3.89. The molecule has 20 nitrogen and oxygen atoms in total. The molecule has 9 heterocycles. The number of nitrogens with zero attached hydrogens (tertiary/aromatic N) is 11. The molecule has 1 unspecified atom stereocenters. The lowest BCUT2D eigenvalue weighted by Crippen LogP contribution is -2.72. The van der Waals surface area contributed by atoms with Crippen LogP contribution in [0.2, 0.25) is 0 Å². The van der Waals surface area contributed by atoms with Crippen molar-refractivity contribution in [2.75, 3.05) is 81.4 Å². The molecule has 6 aliphatic rings. The van der Waals surface area contributed by atoms with E-state index in [1.165, 1.54) is 18.5 Å². The number of hydrogen-bond acceptors (Lipinski definition) is 15. The second-order valence-corrected chi connectivity index (χ2v) is 21.2. The van der Waals surface area contributed by atoms with Crippen molar-refractivity contribution in [1.82, 2.24) is 60.2 Å². The van der Waals surface area contributed by atoms with Crippen LogP contribution in [0, 0.1) is 29.9 Å². The number of hydrogen-bond donors (Lipinski definition) is 4. The lowest BCUT2D eigenvalue weighted by atomic mass is 9.72. The summed E-state index contributed by atoms with van der Waals surface area (Å²) in [5.41, 5.74) is 10.1. The maximum Gasteiger partial charge on any atom is 0.317 e. The highest BCUT2D eigenvalue weighted by atomic mass is 19.1. The van der Waals surface area contributed by atoms with Crippen LogP contribution < -0.4 is 26.6 Å². The van der Waals surface area contributed by atoms with Gasteiger partial charge < -0.3 is 40.5 Å². The first-order valence-electron chi connectivity index (χ1n) is 24.2. The van der Waals surface area contributed by atoms with Crippen molar-refractivity contribution in [3.05, 3.63) is 53.3 Å². The summed E-state index contributed by atoms with van der Waals surface area (Å²) in [4.78, 5) is 76.2. The Morgan fingerprint density at radius 2 is 1.67 bits per heavy atom. The van der Waals surface area contributed by atoms with Crippen LogP contribution in [0.25, 0.3) is 33.8 Å². The first kappa shape index (κ1) is 45.6. The van der Waals surface area contributed by atoms with E-state index >= 15 is 8.78 Å². The minimum atomic E-state index is -0.733. The Labute approximate surface area is 402 Å². The number of nitrogens with two attached hydrogens (primary N) is 1. The minimum absolute atomic E-state index is 0.00419. The third-order valence-corrected chi connectivity index (χ3v) is 14.8. The highest BCUT2D eigenvalue weighted by Gasteiger charge is 2.53. The fourth-order valence-corrected chi connectivity index (χ4v) is 11.0. The zero-order valence-corrected chi connectivity index (χ0v) is 39.7. The number of nitrogens with one attached hydrogen (secondary N) is 3. The van der Waals surface area contributed by atoms with Gasteiger partial charge in [0.05, 0.1) is 23.0 Å². The lowest BCUT2D eigenvalue weighted by molar-refractivity contribution is -0.134. The molecule has 5 N–H and O–H groups in total. The van der Waals surface area contributed by atoms with Crippen LogP contribution in [-0.2, 0) is 19.9 Å². The Morgan fingerprint density at radius 1 is 0.943 bits per heavy atom. The normalized spacial score (nSPS) is 20.9. The largest absolute Gasteiger partial charge is 0.383 e. The molecule has 1 atom stereocenters. The maximum atomic E-state index is 15.2. The van der Waals surface area contributed by atoms with Crippen LogP contribution in [-0.4, -0.2) is 145 Å². The molecule has 5 amide bonds. The van der Waals surface area contributed by atoms with E-state index in [4.69, 9.17) is 25.3 Å². The van der Waals surface area contributed by atoms with Gasteiger partial charge in [-0.3, -0.25) is 19.7 Å². The van der Waals surface area contributed by atoms with E-state index in [9.17, 15) is 19.2 Å². The highest BCUT2D eigenvalue weighted by Crippen LogP contribution is 2.49. The predicted molar refractivity (Wildman–Crippen MR) is 252 cm³/mol. The molecule has 0 radical (unpaired) electrons. The summed E-state index contributed by atoms with van der Waals surface area (Å²) < 4.78 is 38.2. The number of halogens is 2. The molecule has 0 bridgehead atoms. The highest BCUT2D eigenvalue weighted by molar-refractivity contribution is 6.02. The summed E-state index contributed by atoms with van der Waals surface area (Å²) in [6.07, 6.45) is 7.34. The average molecular weight is 962 g/mol. The molecule has 368 valence electrons. The summed E-state index contributed by atoms with van der Waals surface area (Å²) in [5.74, 6) is -0.206. The Hall–Kier alpha value is -6.84. The first-order chi connectivity index (χ1) is 33.5. The first-order valence-corrected chi connectivity index (χ1v) is 24.2. The van der Waals surface area contributed by atoms with Gasteiger partial charge >= 0.3 is 6.03 Å². The number of carbonyl (C=O) groups excluding carboxylic acids is 4. The van der Waals surface area contributed by atoms with E-state index in [1.807, 2.05) is 43.5 Å². The molecule has 1 aromatic carbocycles. The van der Waals surface area contributed by atoms with E-state index < -0.39 is 29.1 Å². The van der Waals surface area contributed by atoms with Crippen LogP contribution in [0.3, 0.4) is 0 Å². The third-order valence-electron chi connectivity index (χ3n) is 14.8.